The van der Waals surface area contributed by atoms with Gasteiger partial charge in [0.2, 0.25) is 11.8 Å². The quantitative estimate of drug-likeness (QED) is 0.725. The van der Waals surface area contributed by atoms with E-state index in [1.165, 1.54) is 0 Å². The van der Waals surface area contributed by atoms with Gasteiger partial charge in [0.15, 0.2) is 0 Å². The number of nitrogens with zero attached hydrogens (tertiary/aromatic N) is 2. The van der Waals surface area contributed by atoms with Crippen molar-refractivity contribution in [2.75, 3.05) is 6.54 Å². The highest BCUT2D eigenvalue weighted by Crippen LogP contribution is 2.33. The summed E-state index contributed by atoms with van der Waals surface area (Å²) in [6.07, 6.45) is 4.12. The van der Waals surface area contributed by atoms with Crippen molar-refractivity contribution in [1.29, 1.82) is 0 Å². The Morgan fingerprint density at radius 2 is 2.00 bits per heavy atom. The van der Waals surface area contributed by atoms with Crippen molar-refractivity contribution in [2.45, 2.75) is 83.6 Å². The maximum absolute atomic E-state index is 12.8. The molecule has 2 heterocycles. The Kier molecular flexibility index (Phi) is 5.82. The van der Waals surface area contributed by atoms with E-state index in [4.69, 9.17) is 4.74 Å². The minimum atomic E-state index is -0.588. The van der Waals surface area contributed by atoms with E-state index in [2.05, 4.69) is 31.0 Å². The van der Waals surface area contributed by atoms with Crippen LogP contribution in [0.2, 0.25) is 0 Å². The lowest BCUT2D eigenvalue weighted by Crippen LogP contribution is -2.52. The molecule has 4 rings (SSSR count). The molecule has 1 saturated carbocycles. The normalized spacial score (nSPS) is 26.5. The number of nitrogens with one attached hydrogen (secondary N) is 1. The Bertz CT molecular complexity index is 853. The molecular formula is C23H31N3O4. The molecule has 0 spiro atoms. The fourth-order valence-electron chi connectivity index (χ4n) is 5.20. The van der Waals surface area contributed by atoms with E-state index in [1.807, 2.05) is 18.2 Å². The summed E-state index contributed by atoms with van der Waals surface area (Å²) in [4.78, 5) is 40.6. The van der Waals surface area contributed by atoms with Gasteiger partial charge < -0.3 is 9.64 Å². The topological polar surface area (TPSA) is 79.0 Å². The number of imide groups is 1. The van der Waals surface area contributed by atoms with Gasteiger partial charge in [0.1, 0.15) is 17.9 Å². The van der Waals surface area contributed by atoms with Gasteiger partial charge in [-0.3, -0.25) is 24.6 Å². The first-order valence-corrected chi connectivity index (χ1v) is 11.1. The van der Waals surface area contributed by atoms with Crippen LogP contribution in [0.15, 0.2) is 18.2 Å². The van der Waals surface area contributed by atoms with E-state index >= 15 is 0 Å². The lowest BCUT2D eigenvalue weighted by molar-refractivity contribution is -0.136. The highest BCUT2D eigenvalue weighted by molar-refractivity contribution is 6.05. The van der Waals surface area contributed by atoms with Gasteiger partial charge in [0, 0.05) is 30.6 Å². The lowest BCUT2D eigenvalue weighted by atomic mass is 10.0. The molecule has 3 amide bonds. The largest absolute Gasteiger partial charge is 0.489 e. The first-order chi connectivity index (χ1) is 14.4. The van der Waals surface area contributed by atoms with Crippen molar-refractivity contribution >= 4 is 17.7 Å². The lowest BCUT2D eigenvalue weighted by Gasteiger charge is -2.35. The zero-order valence-corrected chi connectivity index (χ0v) is 18.0. The summed E-state index contributed by atoms with van der Waals surface area (Å²) in [6, 6.07) is 5.92. The third-order valence-electron chi connectivity index (χ3n) is 6.65. The SMILES string of the molecule is CCN(C(C)C)C1CCCC1Oc1ccc2c(c1)CN(C1CCC(=O)NC1=O)C2=O. The summed E-state index contributed by atoms with van der Waals surface area (Å²) >= 11 is 0. The van der Waals surface area contributed by atoms with Gasteiger partial charge in [0.25, 0.3) is 5.91 Å². The molecule has 1 N–H and O–H groups in total. The number of piperidine rings is 1. The summed E-state index contributed by atoms with van der Waals surface area (Å²) in [7, 11) is 0. The second-order valence-corrected chi connectivity index (χ2v) is 8.80. The van der Waals surface area contributed by atoms with E-state index in [1.54, 1.807) is 4.90 Å². The molecule has 3 aliphatic rings. The van der Waals surface area contributed by atoms with Crippen LogP contribution in [0.25, 0.3) is 0 Å². The molecule has 1 saturated heterocycles. The molecule has 1 aromatic rings. The molecule has 2 fully saturated rings. The number of carbonyl (C=O) groups excluding carboxylic acids is 3. The van der Waals surface area contributed by atoms with Crippen LogP contribution in [-0.4, -0.2) is 58.3 Å². The summed E-state index contributed by atoms with van der Waals surface area (Å²) in [5.74, 6) is -0.0269. The van der Waals surface area contributed by atoms with E-state index in [0.717, 1.165) is 37.1 Å². The summed E-state index contributed by atoms with van der Waals surface area (Å²) < 4.78 is 6.40. The molecule has 3 unspecified atom stereocenters. The first-order valence-electron chi connectivity index (χ1n) is 11.1. The average Bonchev–Trinajstić information content (AvgIpc) is 3.27. The summed E-state index contributed by atoms with van der Waals surface area (Å²) in [6.45, 7) is 8.02. The predicted octanol–water partition coefficient (Wildman–Crippen LogP) is 2.48. The molecule has 0 bridgehead atoms. The second-order valence-electron chi connectivity index (χ2n) is 8.80. The third kappa shape index (κ3) is 3.83. The maximum atomic E-state index is 12.8. The fraction of sp³-hybridized carbons (Fsp3) is 0.609. The number of likely N-dealkylation sites (N-methyl/N-ethyl adjacent to an activating group) is 1. The van der Waals surface area contributed by atoms with E-state index < -0.39 is 6.04 Å². The van der Waals surface area contributed by atoms with E-state index in [-0.39, 0.29) is 30.2 Å². The smallest absolute Gasteiger partial charge is 0.255 e. The summed E-state index contributed by atoms with van der Waals surface area (Å²) in [5, 5.41) is 2.34. The van der Waals surface area contributed by atoms with Crippen molar-refractivity contribution in [3.8, 4) is 5.75 Å². The van der Waals surface area contributed by atoms with Crippen molar-refractivity contribution in [3.63, 3.8) is 0 Å². The van der Waals surface area contributed by atoms with Crippen molar-refractivity contribution in [3.05, 3.63) is 29.3 Å². The molecule has 0 aromatic heterocycles. The third-order valence-corrected chi connectivity index (χ3v) is 6.65. The number of hydrogen-bond acceptors (Lipinski definition) is 5. The monoisotopic (exact) mass is 413 g/mol. The van der Waals surface area contributed by atoms with Gasteiger partial charge in [-0.05, 0) is 69.8 Å². The highest BCUT2D eigenvalue weighted by Gasteiger charge is 2.39. The minimum absolute atomic E-state index is 0.147. The van der Waals surface area contributed by atoms with Crippen LogP contribution in [0, 0.1) is 0 Å². The fourth-order valence-corrected chi connectivity index (χ4v) is 5.20. The minimum Gasteiger partial charge on any atom is -0.489 e. The molecule has 3 atom stereocenters. The van der Waals surface area contributed by atoms with Crippen molar-refractivity contribution < 1.29 is 19.1 Å². The molecule has 30 heavy (non-hydrogen) atoms. The Morgan fingerprint density at radius 3 is 2.70 bits per heavy atom. The van der Waals surface area contributed by atoms with Gasteiger partial charge in [-0.2, -0.15) is 0 Å². The number of hydrogen-bond donors (Lipinski definition) is 1. The van der Waals surface area contributed by atoms with Gasteiger partial charge in [-0.1, -0.05) is 6.92 Å². The van der Waals surface area contributed by atoms with Crippen molar-refractivity contribution in [1.82, 2.24) is 15.1 Å². The average molecular weight is 414 g/mol. The number of benzene rings is 1. The molecule has 7 heteroatoms. The van der Waals surface area contributed by atoms with Gasteiger partial charge in [-0.15, -0.1) is 0 Å². The van der Waals surface area contributed by atoms with Crippen LogP contribution >= 0.6 is 0 Å². The second kappa shape index (κ2) is 8.38. The van der Waals surface area contributed by atoms with Crippen LogP contribution in [-0.2, 0) is 16.1 Å². The molecule has 1 aromatic carbocycles. The zero-order valence-electron chi connectivity index (χ0n) is 18.0. The first kappa shape index (κ1) is 20.8. The number of amides is 3. The maximum Gasteiger partial charge on any atom is 0.255 e. The van der Waals surface area contributed by atoms with Crippen LogP contribution in [0.1, 0.15) is 68.8 Å². The molecule has 2 aliphatic heterocycles. The standard InChI is InChI=1S/C23H31N3O4/c1-4-25(14(2)3)18-6-5-7-20(18)30-16-8-9-17-15(12-16)13-26(23(17)29)19-10-11-21(27)24-22(19)28/h8-9,12,14,18-20H,4-7,10-11,13H2,1-3H3,(H,24,27,28). The molecule has 1 aliphatic carbocycles. The highest BCUT2D eigenvalue weighted by atomic mass is 16.5. The van der Waals surface area contributed by atoms with Gasteiger partial charge >= 0.3 is 0 Å². The number of carbonyl (C=O) groups is 3. The van der Waals surface area contributed by atoms with Gasteiger partial charge in [-0.25, -0.2) is 0 Å². The van der Waals surface area contributed by atoms with Crippen molar-refractivity contribution in [2.24, 2.45) is 0 Å². The Hall–Kier alpha value is -2.41. The van der Waals surface area contributed by atoms with E-state index in [9.17, 15) is 14.4 Å². The molecule has 162 valence electrons. The van der Waals surface area contributed by atoms with Crippen LogP contribution < -0.4 is 10.1 Å². The van der Waals surface area contributed by atoms with Crippen LogP contribution in [0.5, 0.6) is 5.75 Å². The van der Waals surface area contributed by atoms with E-state index in [0.29, 0.717) is 30.6 Å². The molecule has 7 nitrogen and oxygen atoms in total. The Labute approximate surface area is 177 Å². The van der Waals surface area contributed by atoms with Crippen LogP contribution in [0.3, 0.4) is 0 Å². The Morgan fingerprint density at radius 1 is 1.20 bits per heavy atom. The molecule has 0 radical (unpaired) electrons. The summed E-state index contributed by atoms with van der Waals surface area (Å²) in [5.41, 5.74) is 1.50. The number of ether oxygens (including phenoxy) is 1. The van der Waals surface area contributed by atoms with Crippen LogP contribution in [0.4, 0.5) is 0 Å². The predicted molar refractivity (Wildman–Crippen MR) is 112 cm³/mol. The zero-order chi connectivity index (χ0) is 21.4. The Balaban J connectivity index is 1.48. The van der Waals surface area contributed by atoms with Gasteiger partial charge in [0.05, 0.1) is 0 Å². The number of rotatable bonds is 6. The number of fused-ring (bicyclic) bond motifs is 1. The molecular weight excluding hydrogens is 382 g/mol.